The SMILES string of the molecule is COc1cccc([C@@H]2CC(=O)NC(C)=C2C(=O)O)c1. The molecule has 5 nitrogen and oxygen atoms in total. The van der Waals surface area contributed by atoms with Crippen LogP contribution in [0, 0.1) is 0 Å². The highest BCUT2D eigenvalue weighted by Crippen LogP contribution is 2.34. The van der Waals surface area contributed by atoms with Gasteiger partial charge in [0.05, 0.1) is 12.7 Å². The summed E-state index contributed by atoms with van der Waals surface area (Å²) in [5.74, 6) is -0.979. The Kier molecular flexibility index (Phi) is 3.55. The molecule has 5 heteroatoms. The van der Waals surface area contributed by atoms with Gasteiger partial charge in [-0.1, -0.05) is 12.1 Å². The van der Waals surface area contributed by atoms with Crippen LogP contribution in [-0.2, 0) is 9.59 Å². The molecule has 2 N–H and O–H groups in total. The lowest BCUT2D eigenvalue weighted by Gasteiger charge is -2.25. The van der Waals surface area contributed by atoms with E-state index in [9.17, 15) is 14.7 Å². The number of hydrogen-bond acceptors (Lipinski definition) is 3. The standard InChI is InChI=1S/C14H15NO4/c1-8-13(14(17)18)11(7-12(16)15-8)9-4-3-5-10(6-9)19-2/h3-6,11H,7H2,1-2H3,(H,15,16)(H,17,18)/t11-/m0/s1. The van der Waals surface area contributed by atoms with Crippen LogP contribution in [0.2, 0.25) is 0 Å². The summed E-state index contributed by atoms with van der Waals surface area (Å²) in [7, 11) is 1.55. The maximum Gasteiger partial charge on any atom is 0.333 e. The molecule has 19 heavy (non-hydrogen) atoms. The molecule has 0 saturated heterocycles. The molecular weight excluding hydrogens is 246 g/mol. The Morgan fingerprint density at radius 2 is 2.21 bits per heavy atom. The predicted octanol–water partition coefficient (Wildman–Crippen LogP) is 1.66. The van der Waals surface area contributed by atoms with Crippen LogP contribution in [-0.4, -0.2) is 24.1 Å². The molecule has 1 aromatic rings. The van der Waals surface area contributed by atoms with Crippen molar-refractivity contribution in [1.82, 2.24) is 5.32 Å². The molecule has 0 saturated carbocycles. The lowest BCUT2D eigenvalue weighted by atomic mass is 9.84. The van der Waals surface area contributed by atoms with Gasteiger partial charge in [-0.2, -0.15) is 0 Å². The van der Waals surface area contributed by atoms with E-state index in [1.165, 1.54) is 0 Å². The number of methoxy groups -OCH3 is 1. The number of rotatable bonds is 3. The van der Waals surface area contributed by atoms with Gasteiger partial charge in [0.1, 0.15) is 5.75 Å². The van der Waals surface area contributed by atoms with Crippen LogP contribution < -0.4 is 10.1 Å². The van der Waals surface area contributed by atoms with Crippen molar-refractivity contribution in [2.45, 2.75) is 19.3 Å². The summed E-state index contributed by atoms with van der Waals surface area (Å²) >= 11 is 0. The largest absolute Gasteiger partial charge is 0.497 e. The number of carboxylic acids is 1. The van der Waals surface area contributed by atoms with Gasteiger partial charge in [0, 0.05) is 18.0 Å². The molecule has 1 amide bonds. The minimum atomic E-state index is -1.01. The zero-order valence-corrected chi connectivity index (χ0v) is 10.8. The molecule has 0 aliphatic carbocycles. The first-order valence-corrected chi connectivity index (χ1v) is 5.90. The Bertz CT molecular complexity index is 562. The van der Waals surface area contributed by atoms with E-state index < -0.39 is 11.9 Å². The van der Waals surface area contributed by atoms with Crippen molar-refractivity contribution in [2.75, 3.05) is 7.11 Å². The lowest BCUT2D eigenvalue weighted by Crippen LogP contribution is -2.33. The number of carbonyl (C=O) groups excluding carboxylic acids is 1. The number of ether oxygens (including phenoxy) is 1. The van der Waals surface area contributed by atoms with Crippen molar-refractivity contribution >= 4 is 11.9 Å². The third-order valence-electron chi connectivity index (χ3n) is 3.20. The Labute approximate surface area is 110 Å². The van der Waals surface area contributed by atoms with E-state index in [-0.39, 0.29) is 17.9 Å². The zero-order chi connectivity index (χ0) is 14.0. The summed E-state index contributed by atoms with van der Waals surface area (Å²) in [5, 5.41) is 11.9. The van der Waals surface area contributed by atoms with Crippen LogP contribution in [0.15, 0.2) is 35.5 Å². The molecule has 0 fully saturated rings. The molecule has 1 atom stereocenters. The average Bonchev–Trinajstić information content (AvgIpc) is 2.37. The smallest absolute Gasteiger partial charge is 0.333 e. The summed E-state index contributed by atoms with van der Waals surface area (Å²) in [5.41, 5.74) is 1.40. The Balaban J connectivity index is 2.48. The van der Waals surface area contributed by atoms with Crippen molar-refractivity contribution in [3.05, 3.63) is 41.1 Å². The highest BCUT2D eigenvalue weighted by molar-refractivity contribution is 5.94. The van der Waals surface area contributed by atoms with Gasteiger partial charge in [0.25, 0.3) is 0 Å². The first kappa shape index (κ1) is 13.1. The van der Waals surface area contributed by atoms with Gasteiger partial charge in [0.15, 0.2) is 0 Å². The van der Waals surface area contributed by atoms with Crippen molar-refractivity contribution in [2.24, 2.45) is 0 Å². The molecule has 0 unspecified atom stereocenters. The number of benzene rings is 1. The fourth-order valence-electron chi connectivity index (χ4n) is 2.33. The van der Waals surface area contributed by atoms with Crippen molar-refractivity contribution in [3.63, 3.8) is 0 Å². The fraction of sp³-hybridized carbons (Fsp3) is 0.286. The molecule has 100 valence electrons. The molecule has 0 aromatic heterocycles. The second-order valence-corrected chi connectivity index (χ2v) is 4.43. The van der Waals surface area contributed by atoms with Crippen molar-refractivity contribution in [1.29, 1.82) is 0 Å². The quantitative estimate of drug-likeness (QED) is 0.867. The normalized spacial score (nSPS) is 19.1. The number of aliphatic carboxylic acids is 1. The van der Waals surface area contributed by atoms with Crippen LogP contribution in [0.4, 0.5) is 0 Å². The van der Waals surface area contributed by atoms with E-state index in [0.29, 0.717) is 11.4 Å². The van der Waals surface area contributed by atoms with Gasteiger partial charge in [-0.05, 0) is 24.6 Å². The fourth-order valence-corrected chi connectivity index (χ4v) is 2.33. The third kappa shape index (κ3) is 2.59. The number of carboxylic acid groups (broad SMARTS) is 1. The van der Waals surface area contributed by atoms with E-state index in [4.69, 9.17) is 4.74 Å². The topological polar surface area (TPSA) is 75.6 Å². The first-order valence-electron chi connectivity index (χ1n) is 5.90. The zero-order valence-electron chi connectivity index (χ0n) is 10.8. The number of amides is 1. The van der Waals surface area contributed by atoms with Crippen molar-refractivity contribution < 1.29 is 19.4 Å². The third-order valence-corrected chi connectivity index (χ3v) is 3.20. The van der Waals surface area contributed by atoms with E-state index in [1.54, 1.807) is 32.2 Å². The van der Waals surface area contributed by atoms with E-state index in [1.807, 2.05) is 6.07 Å². The molecule has 1 aromatic carbocycles. The summed E-state index contributed by atoms with van der Waals surface area (Å²) < 4.78 is 5.13. The number of allylic oxidation sites excluding steroid dienone is 1. The van der Waals surface area contributed by atoms with Crippen LogP contribution in [0.5, 0.6) is 5.75 Å². The van der Waals surface area contributed by atoms with Crippen LogP contribution in [0.25, 0.3) is 0 Å². The van der Waals surface area contributed by atoms with Gasteiger partial charge in [-0.3, -0.25) is 4.79 Å². The van der Waals surface area contributed by atoms with Gasteiger partial charge in [0.2, 0.25) is 5.91 Å². The number of carbonyl (C=O) groups is 2. The summed E-state index contributed by atoms with van der Waals surface area (Å²) in [6.45, 7) is 1.60. The van der Waals surface area contributed by atoms with Gasteiger partial charge >= 0.3 is 5.97 Å². The molecule has 1 heterocycles. The minimum absolute atomic E-state index is 0.131. The molecule has 1 aliphatic heterocycles. The number of nitrogens with one attached hydrogen (secondary N) is 1. The Morgan fingerprint density at radius 3 is 2.84 bits per heavy atom. The minimum Gasteiger partial charge on any atom is -0.497 e. The molecule has 1 aliphatic rings. The molecule has 0 bridgehead atoms. The number of hydrogen-bond donors (Lipinski definition) is 2. The average molecular weight is 261 g/mol. The van der Waals surface area contributed by atoms with Gasteiger partial charge < -0.3 is 15.2 Å². The molecule has 0 spiro atoms. The molecule has 2 rings (SSSR count). The summed E-state index contributed by atoms with van der Waals surface area (Å²) in [6.07, 6.45) is 0.131. The van der Waals surface area contributed by atoms with E-state index >= 15 is 0 Å². The Hall–Kier alpha value is -2.30. The summed E-state index contributed by atoms with van der Waals surface area (Å²) in [6, 6.07) is 7.14. The highest BCUT2D eigenvalue weighted by Gasteiger charge is 2.31. The second kappa shape index (κ2) is 5.14. The van der Waals surface area contributed by atoms with Crippen LogP contribution in [0.1, 0.15) is 24.8 Å². The van der Waals surface area contributed by atoms with Crippen molar-refractivity contribution in [3.8, 4) is 5.75 Å². The molecular formula is C14H15NO4. The monoisotopic (exact) mass is 261 g/mol. The van der Waals surface area contributed by atoms with E-state index in [2.05, 4.69) is 5.32 Å². The maximum absolute atomic E-state index is 11.6. The maximum atomic E-state index is 11.6. The molecule has 0 radical (unpaired) electrons. The van der Waals surface area contributed by atoms with Gasteiger partial charge in [-0.15, -0.1) is 0 Å². The predicted molar refractivity (Wildman–Crippen MR) is 68.8 cm³/mol. The Morgan fingerprint density at radius 1 is 1.47 bits per heavy atom. The van der Waals surface area contributed by atoms with Crippen LogP contribution >= 0.6 is 0 Å². The lowest BCUT2D eigenvalue weighted by molar-refractivity contribution is -0.133. The summed E-state index contributed by atoms with van der Waals surface area (Å²) in [4.78, 5) is 23.0. The van der Waals surface area contributed by atoms with Crippen LogP contribution in [0.3, 0.4) is 0 Å². The van der Waals surface area contributed by atoms with Gasteiger partial charge in [-0.25, -0.2) is 4.79 Å². The van der Waals surface area contributed by atoms with E-state index in [0.717, 1.165) is 5.56 Å². The second-order valence-electron chi connectivity index (χ2n) is 4.43. The highest BCUT2D eigenvalue weighted by atomic mass is 16.5. The first-order chi connectivity index (χ1) is 9.02.